The Hall–Kier alpha value is -1.91. The molecule has 108 valence electrons. The van der Waals surface area contributed by atoms with E-state index < -0.39 is 4.92 Å². The summed E-state index contributed by atoms with van der Waals surface area (Å²) < 4.78 is 0. The van der Waals surface area contributed by atoms with Gasteiger partial charge in [0.05, 0.1) is 15.0 Å². The molecule has 0 unspecified atom stereocenters. The monoisotopic (exact) mass is 323 g/mol. The van der Waals surface area contributed by atoms with E-state index in [2.05, 4.69) is 0 Å². The molecule has 0 aliphatic carbocycles. The molecule has 0 spiro atoms. The summed E-state index contributed by atoms with van der Waals surface area (Å²) in [5.41, 5.74) is 1.47. The van der Waals surface area contributed by atoms with Gasteiger partial charge in [-0.1, -0.05) is 41.4 Å². The quantitative estimate of drug-likeness (QED) is 0.468. The number of Topliss-reactive ketones (excluding diaryl/α,β-unsaturated/α-hetero) is 1. The normalized spacial score (nSPS) is 10.4. The zero-order chi connectivity index (χ0) is 15.6. The molecule has 0 aliphatic heterocycles. The molecule has 6 heteroatoms. The van der Waals surface area contributed by atoms with E-state index in [1.54, 1.807) is 37.3 Å². The lowest BCUT2D eigenvalue weighted by atomic mass is 10.0. The molecule has 4 nitrogen and oxygen atoms in total. The summed E-state index contributed by atoms with van der Waals surface area (Å²) in [7, 11) is 0. The Morgan fingerprint density at radius 1 is 1.14 bits per heavy atom. The first kappa shape index (κ1) is 15.5. The van der Waals surface area contributed by atoms with Crippen molar-refractivity contribution in [1.82, 2.24) is 0 Å². The van der Waals surface area contributed by atoms with Crippen molar-refractivity contribution >= 4 is 34.7 Å². The zero-order valence-corrected chi connectivity index (χ0v) is 12.6. The van der Waals surface area contributed by atoms with E-state index >= 15 is 0 Å². The number of nitro groups is 1. The Kier molecular flexibility index (Phi) is 4.60. The van der Waals surface area contributed by atoms with E-state index in [-0.39, 0.29) is 17.9 Å². The Labute approximate surface area is 131 Å². The molecule has 0 aliphatic rings. The van der Waals surface area contributed by atoms with Crippen LogP contribution in [-0.4, -0.2) is 10.7 Å². The lowest BCUT2D eigenvalue weighted by Crippen LogP contribution is -2.05. The van der Waals surface area contributed by atoms with Gasteiger partial charge in [0.25, 0.3) is 5.69 Å². The summed E-state index contributed by atoms with van der Waals surface area (Å²) in [6.07, 6.45) is 0.108. The smallest absolute Gasteiger partial charge is 0.273 e. The maximum atomic E-state index is 12.2. The fraction of sp³-hybridized carbons (Fsp3) is 0.133. The third-order valence-corrected chi connectivity index (χ3v) is 3.82. The lowest BCUT2D eigenvalue weighted by Gasteiger charge is -2.04. The number of hydrogen-bond donors (Lipinski definition) is 0. The SMILES string of the molecule is Cc1ccc(C(=O)Cc2ccc(Cl)c(Cl)c2)cc1[N+](=O)[O-]. The highest BCUT2D eigenvalue weighted by Gasteiger charge is 2.15. The second-order valence-corrected chi connectivity index (χ2v) is 5.42. The van der Waals surface area contributed by atoms with E-state index in [9.17, 15) is 14.9 Å². The van der Waals surface area contributed by atoms with Gasteiger partial charge in [-0.3, -0.25) is 14.9 Å². The molecular formula is C15H11Cl2NO3. The van der Waals surface area contributed by atoms with E-state index in [0.717, 1.165) is 0 Å². The van der Waals surface area contributed by atoms with E-state index in [0.29, 0.717) is 26.7 Å². The van der Waals surface area contributed by atoms with Gasteiger partial charge in [-0.25, -0.2) is 0 Å². The van der Waals surface area contributed by atoms with Crippen molar-refractivity contribution < 1.29 is 9.72 Å². The van der Waals surface area contributed by atoms with Crippen LogP contribution in [0.25, 0.3) is 0 Å². The first-order chi connectivity index (χ1) is 9.88. The van der Waals surface area contributed by atoms with Gasteiger partial charge >= 0.3 is 0 Å². The number of hydrogen-bond acceptors (Lipinski definition) is 3. The fourth-order valence-corrected chi connectivity index (χ4v) is 2.24. The minimum Gasteiger partial charge on any atom is -0.294 e. The number of nitro benzene ring substituents is 1. The van der Waals surface area contributed by atoms with Gasteiger partial charge in [0, 0.05) is 23.6 Å². The highest BCUT2D eigenvalue weighted by atomic mass is 35.5. The van der Waals surface area contributed by atoms with Crippen LogP contribution in [0.2, 0.25) is 10.0 Å². The maximum Gasteiger partial charge on any atom is 0.273 e. The molecule has 2 aromatic rings. The first-order valence-electron chi connectivity index (χ1n) is 6.10. The summed E-state index contributed by atoms with van der Waals surface area (Å²) in [5.74, 6) is -0.212. The number of benzene rings is 2. The minimum absolute atomic E-state index is 0.0602. The van der Waals surface area contributed by atoms with Crippen LogP contribution in [0.1, 0.15) is 21.5 Å². The van der Waals surface area contributed by atoms with E-state index in [1.807, 2.05) is 0 Å². The molecule has 0 bridgehead atoms. The number of halogens is 2. The van der Waals surface area contributed by atoms with Crippen molar-refractivity contribution in [3.05, 3.63) is 73.2 Å². The molecule has 0 atom stereocenters. The third kappa shape index (κ3) is 3.60. The van der Waals surface area contributed by atoms with Gasteiger partial charge in [-0.15, -0.1) is 0 Å². The Morgan fingerprint density at radius 2 is 1.86 bits per heavy atom. The van der Waals surface area contributed by atoms with E-state index in [4.69, 9.17) is 23.2 Å². The topological polar surface area (TPSA) is 60.2 Å². The van der Waals surface area contributed by atoms with Gasteiger partial charge in [-0.2, -0.15) is 0 Å². The van der Waals surface area contributed by atoms with Gasteiger partial charge in [0.15, 0.2) is 5.78 Å². The molecule has 2 aromatic carbocycles. The third-order valence-electron chi connectivity index (χ3n) is 3.08. The Morgan fingerprint density at radius 3 is 2.48 bits per heavy atom. The van der Waals surface area contributed by atoms with Crippen molar-refractivity contribution in [2.24, 2.45) is 0 Å². The number of aryl methyl sites for hydroxylation is 1. The van der Waals surface area contributed by atoms with Crippen molar-refractivity contribution in [1.29, 1.82) is 0 Å². The summed E-state index contributed by atoms with van der Waals surface area (Å²) in [6, 6.07) is 9.39. The van der Waals surface area contributed by atoms with Crippen LogP contribution >= 0.6 is 23.2 Å². The molecule has 0 fully saturated rings. The number of carbonyl (C=O) groups is 1. The first-order valence-corrected chi connectivity index (χ1v) is 6.86. The molecule has 0 saturated heterocycles. The van der Waals surface area contributed by atoms with Crippen LogP contribution < -0.4 is 0 Å². The average molecular weight is 324 g/mol. The minimum atomic E-state index is -0.495. The van der Waals surface area contributed by atoms with Gasteiger partial charge in [-0.05, 0) is 24.6 Å². The molecule has 0 heterocycles. The number of ketones is 1. The highest BCUT2D eigenvalue weighted by Crippen LogP contribution is 2.24. The van der Waals surface area contributed by atoms with Crippen LogP contribution in [0.5, 0.6) is 0 Å². The summed E-state index contributed by atoms with van der Waals surface area (Å²) in [6.45, 7) is 1.63. The van der Waals surface area contributed by atoms with Crippen molar-refractivity contribution in [3.63, 3.8) is 0 Å². The van der Waals surface area contributed by atoms with Crippen LogP contribution in [0, 0.1) is 17.0 Å². The molecular weight excluding hydrogens is 313 g/mol. The van der Waals surface area contributed by atoms with Crippen molar-refractivity contribution in [2.45, 2.75) is 13.3 Å². The Bertz CT molecular complexity index is 729. The largest absolute Gasteiger partial charge is 0.294 e. The van der Waals surface area contributed by atoms with Crippen LogP contribution in [0.3, 0.4) is 0 Å². The zero-order valence-electron chi connectivity index (χ0n) is 11.1. The van der Waals surface area contributed by atoms with Crippen LogP contribution in [-0.2, 0) is 6.42 Å². The highest BCUT2D eigenvalue weighted by molar-refractivity contribution is 6.42. The summed E-state index contributed by atoms with van der Waals surface area (Å²) >= 11 is 11.7. The van der Waals surface area contributed by atoms with Gasteiger partial charge in [0.2, 0.25) is 0 Å². The predicted octanol–water partition coefficient (Wildman–Crippen LogP) is 4.64. The van der Waals surface area contributed by atoms with Crippen LogP contribution in [0.15, 0.2) is 36.4 Å². The molecule has 0 aromatic heterocycles. The van der Waals surface area contributed by atoms with Gasteiger partial charge in [0.1, 0.15) is 0 Å². The van der Waals surface area contributed by atoms with Crippen molar-refractivity contribution in [2.75, 3.05) is 0 Å². The van der Waals surface area contributed by atoms with Crippen molar-refractivity contribution in [3.8, 4) is 0 Å². The summed E-state index contributed by atoms with van der Waals surface area (Å²) in [5, 5.41) is 11.7. The second kappa shape index (κ2) is 6.24. The number of rotatable bonds is 4. The number of nitrogens with zero attached hydrogens (tertiary/aromatic N) is 1. The predicted molar refractivity (Wildman–Crippen MR) is 82.3 cm³/mol. The molecule has 2 rings (SSSR count). The number of carbonyl (C=O) groups excluding carboxylic acids is 1. The average Bonchev–Trinajstić information content (AvgIpc) is 2.43. The summed E-state index contributed by atoms with van der Waals surface area (Å²) in [4.78, 5) is 22.6. The lowest BCUT2D eigenvalue weighted by molar-refractivity contribution is -0.385. The van der Waals surface area contributed by atoms with Gasteiger partial charge < -0.3 is 0 Å². The maximum absolute atomic E-state index is 12.2. The molecule has 0 amide bonds. The second-order valence-electron chi connectivity index (χ2n) is 4.61. The molecule has 0 radical (unpaired) electrons. The molecule has 21 heavy (non-hydrogen) atoms. The molecule has 0 saturated carbocycles. The standard InChI is InChI=1S/C15H11Cl2NO3/c1-9-2-4-11(8-14(9)18(20)21)15(19)7-10-3-5-12(16)13(17)6-10/h2-6,8H,7H2,1H3. The molecule has 0 N–H and O–H groups in total. The Balaban J connectivity index is 2.26. The van der Waals surface area contributed by atoms with E-state index in [1.165, 1.54) is 6.07 Å². The fourth-order valence-electron chi connectivity index (χ4n) is 1.92. The van der Waals surface area contributed by atoms with Crippen LogP contribution in [0.4, 0.5) is 5.69 Å².